The second-order valence-corrected chi connectivity index (χ2v) is 7.38. The summed E-state index contributed by atoms with van der Waals surface area (Å²) in [6, 6.07) is 11.5. The Morgan fingerprint density at radius 3 is 1.60 bits per heavy atom. The van der Waals surface area contributed by atoms with Gasteiger partial charge >= 0.3 is 0 Å². The predicted molar refractivity (Wildman–Crippen MR) is 113 cm³/mol. The van der Waals surface area contributed by atoms with Gasteiger partial charge in [-0.25, -0.2) is 9.97 Å². The summed E-state index contributed by atoms with van der Waals surface area (Å²) in [5.74, 6) is -0.0563. The summed E-state index contributed by atoms with van der Waals surface area (Å²) in [4.78, 5) is 37.3. The fourth-order valence-electron chi connectivity index (χ4n) is 3.27. The number of hydrogen-bond acceptors (Lipinski definition) is 4. The quantitative estimate of drug-likeness (QED) is 0.470. The zero-order valence-corrected chi connectivity index (χ0v) is 17.1. The van der Waals surface area contributed by atoms with Gasteiger partial charge in [0.15, 0.2) is 0 Å². The van der Waals surface area contributed by atoms with Crippen LogP contribution in [0.15, 0.2) is 61.2 Å². The lowest BCUT2D eigenvalue weighted by Crippen LogP contribution is -2.38. The molecule has 2 amide bonds. The molecule has 154 valence electrons. The SMILES string of the molecule is CN(CCN(C)C(=O)Cc1cn2ccccc2n1)C(=O)Cc1cn2ccccc2n1. The Morgan fingerprint density at radius 2 is 1.20 bits per heavy atom. The van der Waals surface area contributed by atoms with E-state index < -0.39 is 0 Å². The molecule has 30 heavy (non-hydrogen) atoms. The van der Waals surface area contributed by atoms with Crippen LogP contribution >= 0.6 is 0 Å². The summed E-state index contributed by atoms with van der Waals surface area (Å²) >= 11 is 0. The van der Waals surface area contributed by atoms with Gasteiger partial charge in [-0.1, -0.05) is 12.1 Å². The molecule has 0 saturated heterocycles. The van der Waals surface area contributed by atoms with Gasteiger partial charge in [-0.15, -0.1) is 0 Å². The van der Waals surface area contributed by atoms with Crippen LogP contribution in [0.25, 0.3) is 11.3 Å². The van der Waals surface area contributed by atoms with Crippen LogP contribution in [0.1, 0.15) is 11.4 Å². The van der Waals surface area contributed by atoms with Crippen molar-refractivity contribution in [1.29, 1.82) is 0 Å². The first-order chi connectivity index (χ1) is 14.5. The van der Waals surface area contributed by atoms with Gasteiger partial charge in [0.25, 0.3) is 0 Å². The molecule has 0 aliphatic rings. The maximum atomic E-state index is 12.5. The van der Waals surface area contributed by atoms with E-state index in [1.54, 1.807) is 23.9 Å². The largest absolute Gasteiger partial charge is 0.344 e. The molecule has 0 spiro atoms. The van der Waals surface area contributed by atoms with E-state index in [1.807, 2.05) is 70.0 Å². The van der Waals surface area contributed by atoms with Crippen molar-refractivity contribution in [2.75, 3.05) is 27.2 Å². The number of nitrogens with zero attached hydrogens (tertiary/aromatic N) is 6. The number of likely N-dealkylation sites (N-methyl/N-ethyl adjacent to an activating group) is 2. The predicted octanol–water partition coefficient (Wildman–Crippen LogP) is 1.68. The number of carbonyl (C=O) groups excluding carboxylic acids is 2. The first-order valence-electron chi connectivity index (χ1n) is 9.83. The third-order valence-electron chi connectivity index (χ3n) is 5.11. The number of imidazole rings is 2. The van der Waals surface area contributed by atoms with Gasteiger partial charge in [-0.05, 0) is 24.3 Å². The zero-order valence-electron chi connectivity index (χ0n) is 17.1. The van der Waals surface area contributed by atoms with Gasteiger partial charge in [-0.2, -0.15) is 0 Å². The molecule has 0 saturated carbocycles. The van der Waals surface area contributed by atoms with Crippen molar-refractivity contribution in [2.45, 2.75) is 12.8 Å². The van der Waals surface area contributed by atoms with E-state index >= 15 is 0 Å². The van der Waals surface area contributed by atoms with E-state index in [9.17, 15) is 9.59 Å². The highest BCUT2D eigenvalue weighted by Gasteiger charge is 2.16. The molecule has 0 fully saturated rings. The number of amides is 2. The Morgan fingerprint density at radius 1 is 0.767 bits per heavy atom. The number of rotatable bonds is 7. The molecule has 0 bridgehead atoms. The minimum Gasteiger partial charge on any atom is -0.344 e. The molecule has 0 atom stereocenters. The van der Waals surface area contributed by atoms with Crippen molar-refractivity contribution in [3.05, 3.63) is 72.6 Å². The van der Waals surface area contributed by atoms with Crippen molar-refractivity contribution in [3.8, 4) is 0 Å². The van der Waals surface area contributed by atoms with Crippen LogP contribution in [0.2, 0.25) is 0 Å². The Balaban J connectivity index is 1.28. The average Bonchev–Trinajstić information content (AvgIpc) is 3.33. The summed E-state index contributed by atoms with van der Waals surface area (Å²) in [5.41, 5.74) is 3.10. The lowest BCUT2D eigenvalue weighted by molar-refractivity contribution is -0.132. The second kappa shape index (κ2) is 8.36. The molecule has 0 aliphatic carbocycles. The molecular weight excluding hydrogens is 380 g/mol. The fraction of sp³-hybridized carbons (Fsp3) is 0.273. The Kier molecular flexibility index (Phi) is 5.47. The zero-order chi connectivity index (χ0) is 21.1. The fourth-order valence-corrected chi connectivity index (χ4v) is 3.27. The van der Waals surface area contributed by atoms with Gasteiger partial charge in [-0.3, -0.25) is 9.59 Å². The number of aromatic nitrogens is 4. The molecule has 4 rings (SSSR count). The van der Waals surface area contributed by atoms with Gasteiger partial charge in [0.05, 0.1) is 24.2 Å². The Labute approximate surface area is 174 Å². The molecule has 0 aliphatic heterocycles. The molecule has 0 aromatic carbocycles. The van der Waals surface area contributed by atoms with E-state index in [2.05, 4.69) is 9.97 Å². The van der Waals surface area contributed by atoms with Crippen LogP contribution in [0, 0.1) is 0 Å². The average molecular weight is 404 g/mol. The third kappa shape index (κ3) is 4.32. The lowest BCUT2D eigenvalue weighted by atomic mass is 10.3. The lowest BCUT2D eigenvalue weighted by Gasteiger charge is -2.22. The number of carbonyl (C=O) groups is 2. The number of pyridine rings is 2. The molecule has 0 radical (unpaired) electrons. The molecule has 0 N–H and O–H groups in total. The summed E-state index contributed by atoms with van der Waals surface area (Å²) in [6.45, 7) is 0.916. The van der Waals surface area contributed by atoms with Crippen LogP contribution in [-0.2, 0) is 22.4 Å². The van der Waals surface area contributed by atoms with Crippen LogP contribution in [0.3, 0.4) is 0 Å². The van der Waals surface area contributed by atoms with E-state index in [1.165, 1.54) is 0 Å². The summed E-state index contributed by atoms with van der Waals surface area (Å²) in [5, 5.41) is 0. The van der Waals surface area contributed by atoms with Crippen LogP contribution in [-0.4, -0.2) is 67.6 Å². The van der Waals surface area contributed by atoms with Gasteiger partial charge < -0.3 is 18.6 Å². The van der Waals surface area contributed by atoms with E-state index in [-0.39, 0.29) is 24.7 Å². The van der Waals surface area contributed by atoms with Crippen LogP contribution < -0.4 is 0 Å². The number of hydrogen-bond donors (Lipinski definition) is 0. The number of fused-ring (bicyclic) bond motifs is 2. The first kappa shape index (κ1) is 19.6. The highest BCUT2D eigenvalue weighted by atomic mass is 16.2. The van der Waals surface area contributed by atoms with Crippen LogP contribution in [0.5, 0.6) is 0 Å². The highest BCUT2D eigenvalue weighted by Crippen LogP contribution is 2.08. The smallest absolute Gasteiger partial charge is 0.228 e. The van der Waals surface area contributed by atoms with Crippen LogP contribution in [0.4, 0.5) is 0 Å². The van der Waals surface area contributed by atoms with Crippen molar-refractivity contribution in [3.63, 3.8) is 0 Å². The van der Waals surface area contributed by atoms with Crippen molar-refractivity contribution in [1.82, 2.24) is 28.6 Å². The summed E-state index contributed by atoms with van der Waals surface area (Å²) in [7, 11) is 3.50. The third-order valence-corrected chi connectivity index (χ3v) is 5.11. The minimum atomic E-state index is -0.0281. The standard InChI is InChI=1S/C22H24N6O2/c1-25(21(29)13-17-15-27-9-5-3-7-19(27)23-17)11-12-26(2)22(30)14-18-16-28-10-6-4-8-20(28)24-18/h3-10,15-16H,11-14H2,1-2H3. The van der Waals surface area contributed by atoms with E-state index in [0.29, 0.717) is 13.1 Å². The van der Waals surface area contributed by atoms with Crippen molar-refractivity contribution in [2.24, 2.45) is 0 Å². The maximum absolute atomic E-state index is 12.5. The molecule has 8 nitrogen and oxygen atoms in total. The Bertz CT molecular complexity index is 1030. The monoisotopic (exact) mass is 404 g/mol. The molecule has 4 aromatic heterocycles. The topological polar surface area (TPSA) is 75.2 Å². The maximum Gasteiger partial charge on any atom is 0.228 e. The van der Waals surface area contributed by atoms with Crippen molar-refractivity contribution < 1.29 is 9.59 Å². The van der Waals surface area contributed by atoms with Gasteiger partial charge in [0.1, 0.15) is 11.3 Å². The second-order valence-electron chi connectivity index (χ2n) is 7.38. The van der Waals surface area contributed by atoms with E-state index in [0.717, 1.165) is 22.7 Å². The molecule has 4 aromatic rings. The molecule has 8 heteroatoms. The molecule has 4 heterocycles. The van der Waals surface area contributed by atoms with Crippen molar-refractivity contribution >= 4 is 23.1 Å². The normalized spacial score (nSPS) is 11.1. The highest BCUT2D eigenvalue weighted by molar-refractivity contribution is 5.79. The van der Waals surface area contributed by atoms with Gasteiger partial charge in [0.2, 0.25) is 11.8 Å². The minimum absolute atomic E-state index is 0.0281. The molecular formula is C22H24N6O2. The van der Waals surface area contributed by atoms with Gasteiger partial charge in [0, 0.05) is 52.0 Å². The first-order valence-corrected chi connectivity index (χ1v) is 9.83. The molecule has 0 unspecified atom stereocenters. The summed E-state index contributed by atoms with van der Waals surface area (Å²) < 4.78 is 3.79. The summed E-state index contributed by atoms with van der Waals surface area (Å²) in [6.07, 6.45) is 8.01. The Hall–Kier alpha value is -3.68. The van der Waals surface area contributed by atoms with E-state index in [4.69, 9.17) is 0 Å².